The number of fused-ring (bicyclic) bond motifs is 5. The first-order chi connectivity index (χ1) is 12.6. The van der Waals surface area contributed by atoms with Crippen LogP contribution < -0.4 is 0 Å². The van der Waals surface area contributed by atoms with Gasteiger partial charge in [-0.05, 0) is 79.4 Å². The van der Waals surface area contributed by atoms with E-state index in [1.54, 1.807) is 0 Å². The Morgan fingerprint density at radius 1 is 1.07 bits per heavy atom. The normalized spacial score (nSPS) is 49.6. The van der Waals surface area contributed by atoms with Gasteiger partial charge in [0, 0.05) is 12.3 Å². The van der Waals surface area contributed by atoms with Crippen LogP contribution in [0, 0.1) is 40.4 Å². The first-order valence-electron chi connectivity index (χ1n) is 10.8. The van der Waals surface area contributed by atoms with Gasteiger partial charge in [0.05, 0.1) is 0 Å². The third-order valence-corrected chi connectivity index (χ3v) is 9.90. The van der Waals surface area contributed by atoms with Gasteiger partial charge < -0.3 is 5.11 Å². The summed E-state index contributed by atoms with van der Waals surface area (Å²) in [5.74, 6) is -3.65. The van der Waals surface area contributed by atoms with Crippen molar-refractivity contribution >= 4 is 17.6 Å². The Morgan fingerprint density at radius 3 is 2.48 bits per heavy atom. The van der Waals surface area contributed by atoms with E-state index in [4.69, 9.17) is 11.6 Å². The van der Waals surface area contributed by atoms with Crippen molar-refractivity contribution in [2.45, 2.75) is 89.4 Å². The molecule has 0 heterocycles. The Bertz CT molecular complexity index is 611. The van der Waals surface area contributed by atoms with E-state index in [2.05, 4.69) is 13.8 Å². The minimum atomic E-state index is -2.58. The molecule has 5 heteroatoms. The fourth-order valence-electron chi connectivity index (χ4n) is 8.03. The van der Waals surface area contributed by atoms with E-state index in [0.717, 1.165) is 44.9 Å². The van der Waals surface area contributed by atoms with Crippen molar-refractivity contribution in [3.05, 3.63) is 0 Å². The summed E-state index contributed by atoms with van der Waals surface area (Å²) in [6, 6.07) is 0. The largest absolute Gasteiger partial charge is 0.480 e. The van der Waals surface area contributed by atoms with Gasteiger partial charge >= 0.3 is 5.97 Å². The van der Waals surface area contributed by atoms with E-state index in [0.29, 0.717) is 6.42 Å². The number of hydrogen-bond donors (Lipinski definition) is 1. The zero-order chi connectivity index (χ0) is 19.6. The molecule has 4 fully saturated rings. The number of aliphatic carboxylic acids is 1. The van der Waals surface area contributed by atoms with Crippen LogP contribution in [0.1, 0.15) is 78.1 Å². The number of carboxylic acids is 1. The van der Waals surface area contributed by atoms with Crippen LogP contribution in [0.3, 0.4) is 0 Å². The summed E-state index contributed by atoms with van der Waals surface area (Å²) in [6.07, 6.45) is 8.29. The van der Waals surface area contributed by atoms with Gasteiger partial charge in [-0.15, -0.1) is 11.6 Å². The monoisotopic (exact) mass is 402 g/mol. The third kappa shape index (κ3) is 2.95. The van der Waals surface area contributed by atoms with Crippen LogP contribution in [0.4, 0.5) is 8.78 Å². The second-order valence-corrected chi connectivity index (χ2v) is 11.0. The van der Waals surface area contributed by atoms with Crippen molar-refractivity contribution in [3.8, 4) is 0 Å². The number of rotatable bonds is 3. The first kappa shape index (κ1) is 19.9. The maximum Gasteiger partial charge on any atom is 0.321 e. The van der Waals surface area contributed by atoms with Crippen molar-refractivity contribution in [1.29, 1.82) is 0 Å². The summed E-state index contributed by atoms with van der Waals surface area (Å²) in [7, 11) is 0. The molecule has 2 nitrogen and oxygen atoms in total. The summed E-state index contributed by atoms with van der Waals surface area (Å²) < 4.78 is 31.0. The average molecular weight is 403 g/mol. The predicted molar refractivity (Wildman–Crippen MR) is 102 cm³/mol. The van der Waals surface area contributed by atoms with Gasteiger partial charge in [0.15, 0.2) is 0 Å². The topological polar surface area (TPSA) is 37.3 Å². The molecule has 8 atom stereocenters. The number of hydrogen-bond acceptors (Lipinski definition) is 1. The summed E-state index contributed by atoms with van der Waals surface area (Å²) in [5, 5.41) is 8.30. The van der Waals surface area contributed by atoms with Gasteiger partial charge in [-0.2, -0.15) is 0 Å². The SMILES string of the molecule is CC12CCC3C(C1CCC2CC(Cl)C(=O)O)C(F)(F)CC1CCCCC13C. The molecule has 1 N–H and O–H groups in total. The molecule has 0 amide bonds. The Hall–Kier alpha value is -0.380. The lowest BCUT2D eigenvalue weighted by Crippen LogP contribution is -2.60. The van der Waals surface area contributed by atoms with E-state index in [-0.39, 0.29) is 40.9 Å². The summed E-state index contributed by atoms with van der Waals surface area (Å²) >= 11 is 6.05. The molecular weight excluding hydrogens is 370 g/mol. The summed E-state index contributed by atoms with van der Waals surface area (Å²) in [4.78, 5) is 11.2. The molecule has 0 aliphatic heterocycles. The third-order valence-electron chi connectivity index (χ3n) is 9.53. The van der Waals surface area contributed by atoms with Crippen LogP contribution in [0.5, 0.6) is 0 Å². The zero-order valence-electron chi connectivity index (χ0n) is 16.5. The number of carbonyl (C=O) groups is 1. The van der Waals surface area contributed by atoms with Crippen LogP contribution in [0.2, 0.25) is 0 Å². The predicted octanol–water partition coefficient (Wildman–Crippen LogP) is 6.36. The molecule has 0 saturated heterocycles. The highest BCUT2D eigenvalue weighted by Gasteiger charge is 2.67. The lowest BCUT2D eigenvalue weighted by molar-refractivity contribution is -0.231. The van der Waals surface area contributed by atoms with Gasteiger partial charge in [-0.3, -0.25) is 4.79 Å². The minimum Gasteiger partial charge on any atom is -0.480 e. The van der Waals surface area contributed by atoms with Gasteiger partial charge in [-0.25, -0.2) is 8.78 Å². The Balaban J connectivity index is 1.63. The van der Waals surface area contributed by atoms with E-state index in [9.17, 15) is 9.90 Å². The fourth-order valence-corrected chi connectivity index (χ4v) is 8.25. The molecule has 4 saturated carbocycles. The maximum atomic E-state index is 15.5. The Morgan fingerprint density at radius 2 is 1.78 bits per heavy atom. The molecule has 4 rings (SSSR count). The van der Waals surface area contributed by atoms with Gasteiger partial charge in [0.1, 0.15) is 5.38 Å². The van der Waals surface area contributed by atoms with Gasteiger partial charge in [0.2, 0.25) is 0 Å². The summed E-state index contributed by atoms with van der Waals surface area (Å²) in [6.45, 7) is 4.46. The average Bonchev–Trinajstić information content (AvgIpc) is 2.91. The van der Waals surface area contributed by atoms with Crippen LogP contribution in [-0.4, -0.2) is 22.4 Å². The first-order valence-corrected chi connectivity index (χ1v) is 11.3. The number of alkyl halides is 3. The van der Waals surface area contributed by atoms with Crippen LogP contribution in [0.15, 0.2) is 0 Å². The molecule has 0 spiro atoms. The van der Waals surface area contributed by atoms with E-state index < -0.39 is 23.2 Å². The lowest BCUT2D eigenvalue weighted by Gasteiger charge is -2.62. The van der Waals surface area contributed by atoms with Crippen LogP contribution in [0.25, 0.3) is 0 Å². The molecular formula is C22H33ClF2O2. The highest BCUT2D eigenvalue weighted by Crippen LogP contribution is 2.70. The van der Waals surface area contributed by atoms with Crippen LogP contribution in [-0.2, 0) is 4.79 Å². The lowest BCUT2D eigenvalue weighted by atomic mass is 9.44. The molecule has 154 valence electrons. The second-order valence-electron chi connectivity index (χ2n) is 10.5. The molecule has 4 aliphatic carbocycles. The van der Waals surface area contributed by atoms with Crippen molar-refractivity contribution in [1.82, 2.24) is 0 Å². The molecule has 0 bridgehead atoms. The molecule has 0 aromatic heterocycles. The minimum absolute atomic E-state index is 0.00798. The van der Waals surface area contributed by atoms with E-state index in [1.165, 1.54) is 6.42 Å². The zero-order valence-corrected chi connectivity index (χ0v) is 17.3. The van der Waals surface area contributed by atoms with Crippen LogP contribution >= 0.6 is 11.6 Å². The molecule has 0 aromatic rings. The Labute approximate surface area is 166 Å². The number of halogens is 3. The Kier molecular flexibility index (Phi) is 4.85. The van der Waals surface area contributed by atoms with Crippen molar-refractivity contribution in [3.63, 3.8) is 0 Å². The quantitative estimate of drug-likeness (QED) is 0.557. The van der Waals surface area contributed by atoms with Crippen molar-refractivity contribution in [2.75, 3.05) is 0 Å². The fraction of sp³-hybridized carbons (Fsp3) is 0.955. The molecule has 27 heavy (non-hydrogen) atoms. The van der Waals surface area contributed by atoms with Gasteiger partial charge in [0.25, 0.3) is 5.92 Å². The van der Waals surface area contributed by atoms with Gasteiger partial charge in [-0.1, -0.05) is 26.7 Å². The molecule has 4 aliphatic rings. The van der Waals surface area contributed by atoms with Crippen molar-refractivity contribution in [2.24, 2.45) is 40.4 Å². The standard InChI is InChI=1S/C22H33ClF2O2/c1-20-9-4-3-5-14(20)12-22(24,25)18-15-7-6-13(11-17(23)19(26)27)21(15,2)10-8-16(18)20/h13-18H,3-12H2,1-2H3,(H,26,27). The summed E-state index contributed by atoms with van der Waals surface area (Å²) in [5.41, 5.74) is -0.120. The molecule has 0 aromatic carbocycles. The van der Waals surface area contributed by atoms with E-state index >= 15 is 8.78 Å². The second kappa shape index (κ2) is 6.57. The van der Waals surface area contributed by atoms with E-state index in [1.807, 2.05) is 0 Å². The maximum absolute atomic E-state index is 15.5. The highest BCUT2D eigenvalue weighted by molar-refractivity contribution is 6.29. The smallest absolute Gasteiger partial charge is 0.321 e. The molecule has 0 radical (unpaired) electrons. The van der Waals surface area contributed by atoms with Crippen molar-refractivity contribution < 1.29 is 18.7 Å². The molecule has 8 unspecified atom stereocenters. The number of carboxylic acid groups (broad SMARTS) is 1. The highest BCUT2D eigenvalue weighted by atomic mass is 35.5.